The van der Waals surface area contributed by atoms with Gasteiger partial charge in [0, 0.05) is 4.88 Å². The minimum Gasteiger partial charge on any atom is -0.298 e. The Labute approximate surface area is 125 Å². The summed E-state index contributed by atoms with van der Waals surface area (Å²) in [4.78, 5) is 17.5. The van der Waals surface area contributed by atoms with Gasteiger partial charge in [-0.2, -0.15) is 0 Å². The van der Waals surface area contributed by atoms with Crippen molar-refractivity contribution in [1.29, 1.82) is 0 Å². The van der Waals surface area contributed by atoms with E-state index in [1.54, 1.807) is 0 Å². The number of amides is 1. The van der Waals surface area contributed by atoms with E-state index >= 15 is 0 Å². The van der Waals surface area contributed by atoms with Crippen molar-refractivity contribution < 1.29 is 13.6 Å². The number of aromatic nitrogens is 1. The number of anilines is 1. The average Bonchev–Trinajstić information content (AvgIpc) is 2.79. The van der Waals surface area contributed by atoms with E-state index in [9.17, 15) is 13.6 Å². The Balaban J connectivity index is 1.82. The van der Waals surface area contributed by atoms with Crippen LogP contribution in [0.5, 0.6) is 0 Å². The molecule has 0 saturated carbocycles. The van der Waals surface area contributed by atoms with Crippen molar-refractivity contribution in [3.8, 4) is 0 Å². The van der Waals surface area contributed by atoms with Crippen molar-refractivity contribution in [2.24, 2.45) is 5.92 Å². The lowest BCUT2D eigenvalue weighted by atomic mass is 9.93. The summed E-state index contributed by atoms with van der Waals surface area (Å²) in [6, 6.07) is 3.35. The Hall–Kier alpha value is -1.82. The fourth-order valence-corrected chi connectivity index (χ4v) is 3.63. The lowest BCUT2D eigenvalue weighted by Gasteiger charge is -2.15. The molecule has 3 nitrogen and oxygen atoms in total. The van der Waals surface area contributed by atoms with Gasteiger partial charge in [0.15, 0.2) is 5.13 Å². The SMILES string of the molecule is CC1CCc2nc(NC(=O)c3c(F)cccc3F)sc2C1. The van der Waals surface area contributed by atoms with Crippen LogP contribution in [0.4, 0.5) is 13.9 Å². The summed E-state index contributed by atoms with van der Waals surface area (Å²) in [5.41, 5.74) is 0.418. The van der Waals surface area contributed by atoms with Crippen molar-refractivity contribution in [3.63, 3.8) is 0 Å². The highest BCUT2D eigenvalue weighted by molar-refractivity contribution is 7.15. The molecule has 1 atom stereocenters. The number of rotatable bonds is 2. The summed E-state index contributed by atoms with van der Waals surface area (Å²) in [6.45, 7) is 2.18. The number of thiazole rings is 1. The van der Waals surface area contributed by atoms with Crippen molar-refractivity contribution >= 4 is 22.4 Å². The zero-order valence-electron chi connectivity index (χ0n) is 11.5. The number of hydrogen-bond donors (Lipinski definition) is 1. The van der Waals surface area contributed by atoms with E-state index < -0.39 is 23.1 Å². The maximum Gasteiger partial charge on any atom is 0.263 e. The normalized spacial score (nSPS) is 17.4. The first kappa shape index (κ1) is 14.1. The van der Waals surface area contributed by atoms with Gasteiger partial charge < -0.3 is 0 Å². The number of nitrogens with one attached hydrogen (secondary N) is 1. The van der Waals surface area contributed by atoms with Gasteiger partial charge in [-0.25, -0.2) is 13.8 Å². The van der Waals surface area contributed by atoms with Crippen molar-refractivity contribution in [1.82, 2.24) is 4.98 Å². The molecule has 0 spiro atoms. The maximum atomic E-state index is 13.6. The Kier molecular flexibility index (Phi) is 3.71. The van der Waals surface area contributed by atoms with Gasteiger partial charge in [0.05, 0.1) is 5.69 Å². The zero-order chi connectivity index (χ0) is 15.0. The van der Waals surface area contributed by atoms with E-state index in [1.807, 2.05) is 0 Å². The fraction of sp³-hybridized carbons (Fsp3) is 0.333. The molecule has 21 heavy (non-hydrogen) atoms. The molecule has 1 aromatic carbocycles. The van der Waals surface area contributed by atoms with Crippen molar-refractivity contribution in [2.45, 2.75) is 26.2 Å². The van der Waals surface area contributed by atoms with E-state index in [1.165, 1.54) is 17.4 Å². The molecule has 1 aliphatic rings. The first-order chi connectivity index (χ1) is 10.0. The molecule has 6 heteroatoms. The van der Waals surface area contributed by atoms with Crippen molar-refractivity contribution in [3.05, 3.63) is 46.0 Å². The first-order valence-electron chi connectivity index (χ1n) is 6.78. The van der Waals surface area contributed by atoms with Crippen LogP contribution in [0.1, 0.15) is 34.3 Å². The van der Waals surface area contributed by atoms with Crippen LogP contribution in [0.3, 0.4) is 0 Å². The molecule has 0 aliphatic heterocycles. The van der Waals surface area contributed by atoms with E-state index in [2.05, 4.69) is 17.2 Å². The highest BCUT2D eigenvalue weighted by Crippen LogP contribution is 2.32. The minimum atomic E-state index is -0.873. The Morgan fingerprint density at radius 3 is 2.81 bits per heavy atom. The molecular formula is C15H14F2N2OS. The molecule has 3 rings (SSSR count). The van der Waals surface area contributed by atoms with Crippen LogP contribution < -0.4 is 5.32 Å². The molecule has 1 aromatic heterocycles. The van der Waals surface area contributed by atoms with Crippen LogP contribution >= 0.6 is 11.3 Å². The summed E-state index contributed by atoms with van der Waals surface area (Å²) >= 11 is 1.39. The monoisotopic (exact) mass is 308 g/mol. The second-order valence-corrected chi connectivity index (χ2v) is 6.37. The van der Waals surface area contributed by atoms with Gasteiger partial charge >= 0.3 is 0 Å². The minimum absolute atomic E-state index is 0.404. The smallest absolute Gasteiger partial charge is 0.263 e. The van der Waals surface area contributed by atoms with Crippen LogP contribution in [0.25, 0.3) is 0 Å². The second-order valence-electron chi connectivity index (χ2n) is 5.29. The summed E-state index contributed by atoms with van der Waals surface area (Å²) < 4.78 is 27.1. The summed E-state index contributed by atoms with van der Waals surface area (Å²) in [5.74, 6) is -1.94. The number of fused-ring (bicyclic) bond motifs is 1. The van der Waals surface area contributed by atoms with E-state index in [0.717, 1.165) is 42.0 Å². The lowest BCUT2D eigenvalue weighted by molar-refractivity contribution is 0.101. The molecule has 1 heterocycles. The molecule has 1 N–H and O–H groups in total. The number of halogens is 2. The highest BCUT2D eigenvalue weighted by atomic mass is 32.1. The molecule has 0 radical (unpaired) electrons. The quantitative estimate of drug-likeness (QED) is 0.917. The molecule has 0 saturated heterocycles. The molecule has 110 valence electrons. The molecule has 0 fully saturated rings. The summed E-state index contributed by atoms with van der Waals surface area (Å²) in [7, 11) is 0. The van der Waals surface area contributed by atoms with Crippen LogP contribution in [-0.4, -0.2) is 10.9 Å². The zero-order valence-corrected chi connectivity index (χ0v) is 12.3. The van der Waals surface area contributed by atoms with Crippen LogP contribution in [0.15, 0.2) is 18.2 Å². The predicted octanol–water partition coefficient (Wildman–Crippen LogP) is 3.80. The van der Waals surface area contributed by atoms with Gasteiger partial charge in [0.1, 0.15) is 17.2 Å². The van der Waals surface area contributed by atoms with Gasteiger partial charge in [-0.05, 0) is 37.3 Å². The molecule has 2 aromatic rings. The average molecular weight is 308 g/mol. The molecule has 1 unspecified atom stereocenters. The lowest BCUT2D eigenvalue weighted by Crippen LogP contribution is -2.15. The summed E-state index contributed by atoms with van der Waals surface area (Å²) in [5, 5.41) is 2.90. The number of hydrogen-bond acceptors (Lipinski definition) is 3. The fourth-order valence-electron chi connectivity index (χ4n) is 2.47. The Morgan fingerprint density at radius 2 is 2.10 bits per heavy atom. The van der Waals surface area contributed by atoms with Crippen LogP contribution in [0, 0.1) is 17.6 Å². The Bertz CT molecular complexity index is 679. The van der Waals surface area contributed by atoms with Gasteiger partial charge in [-0.3, -0.25) is 10.1 Å². The molecule has 0 bridgehead atoms. The number of benzene rings is 1. The standard InChI is InChI=1S/C15H14F2N2OS/c1-8-5-6-11-12(7-8)21-15(18-11)19-14(20)13-9(16)3-2-4-10(13)17/h2-4,8H,5-7H2,1H3,(H,18,19,20). The van der Waals surface area contributed by atoms with Crippen molar-refractivity contribution in [2.75, 3.05) is 5.32 Å². The number of carbonyl (C=O) groups excluding carboxylic acids is 1. The first-order valence-corrected chi connectivity index (χ1v) is 7.60. The number of carbonyl (C=O) groups is 1. The second kappa shape index (κ2) is 5.52. The largest absolute Gasteiger partial charge is 0.298 e. The summed E-state index contributed by atoms with van der Waals surface area (Å²) in [6.07, 6.45) is 2.90. The number of aryl methyl sites for hydroxylation is 1. The molecule has 1 aliphatic carbocycles. The third-order valence-electron chi connectivity index (χ3n) is 3.60. The number of nitrogens with zero attached hydrogens (tertiary/aromatic N) is 1. The van der Waals surface area contributed by atoms with Crippen LogP contribution in [0.2, 0.25) is 0 Å². The van der Waals surface area contributed by atoms with Gasteiger partial charge in [0.25, 0.3) is 5.91 Å². The molecule has 1 amide bonds. The van der Waals surface area contributed by atoms with Gasteiger partial charge in [-0.1, -0.05) is 13.0 Å². The van der Waals surface area contributed by atoms with Crippen LogP contribution in [-0.2, 0) is 12.8 Å². The van der Waals surface area contributed by atoms with Gasteiger partial charge in [-0.15, -0.1) is 11.3 Å². The highest BCUT2D eigenvalue weighted by Gasteiger charge is 2.22. The van der Waals surface area contributed by atoms with E-state index in [4.69, 9.17) is 0 Å². The third-order valence-corrected chi connectivity index (χ3v) is 4.63. The predicted molar refractivity (Wildman–Crippen MR) is 77.6 cm³/mol. The van der Waals surface area contributed by atoms with E-state index in [0.29, 0.717) is 11.0 Å². The van der Waals surface area contributed by atoms with E-state index in [-0.39, 0.29) is 0 Å². The van der Waals surface area contributed by atoms with Gasteiger partial charge in [0.2, 0.25) is 0 Å². The third kappa shape index (κ3) is 2.81. The maximum absolute atomic E-state index is 13.6. The topological polar surface area (TPSA) is 42.0 Å². The Morgan fingerprint density at radius 1 is 1.38 bits per heavy atom. The molecular weight excluding hydrogens is 294 g/mol.